The van der Waals surface area contributed by atoms with E-state index in [0.29, 0.717) is 0 Å². The van der Waals surface area contributed by atoms with Gasteiger partial charge in [0.1, 0.15) is 0 Å². The molecule has 0 aromatic heterocycles. The van der Waals surface area contributed by atoms with Gasteiger partial charge in [-0.2, -0.15) is 0 Å². The number of hydrogen-bond acceptors (Lipinski definition) is 2. The first-order valence-corrected chi connectivity index (χ1v) is 4.96. The summed E-state index contributed by atoms with van der Waals surface area (Å²) in [7, 11) is 0. The molecule has 2 bridgehead atoms. The van der Waals surface area contributed by atoms with Crippen LogP contribution in [0, 0.1) is 0 Å². The Labute approximate surface area is 69.1 Å². The Bertz CT molecular complexity index is 118. The van der Waals surface area contributed by atoms with Crippen LogP contribution in [-0.2, 0) is 0 Å². The topological polar surface area (TPSA) is 15.3 Å². The number of likely N-dealkylation sites (tertiary alicyclic amines) is 1. The maximum Gasteiger partial charge on any atom is 0.0509 e. The molecule has 2 rings (SSSR count). The summed E-state index contributed by atoms with van der Waals surface area (Å²) in [5, 5.41) is 3.48. The molecule has 0 aromatic rings. The van der Waals surface area contributed by atoms with Crippen molar-refractivity contribution in [2.45, 2.75) is 18.5 Å². The second-order valence-electron chi connectivity index (χ2n) is 2.89. The molecule has 2 nitrogen and oxygen atoms in total. The van der Waals surface area contributed by atoms with Crippen LogP contribution >= 0.6 is 22.6 Å². The van der Waals surface area contributed by atoms with E-state index < -0.39 is 0 Å². The van der Waals surface area contributed by atoms with Gasteiger partial charge < -0.3 is 5.32 Å². The first-order valence-electron chi connectivity index (χ1n) is 3.43. The molecule has 3 heteroatoms. The van der Waals surface area contributed by atoms with Gasteiger partial charge in [-0.05, 0) is 6.42 Å². The molecule has 0 radical (unpaired) electrons. The molecule has 0 saturated carbocycles. The first-order chi connectivity index (χ1) is 4.40. The molecule has 0 aliphatic carbocycles. The largest absolute Gasteiger partial charge is 0.311 e. The number of alkyl halides is 1. The van der Waals surface area contributed by atoms with Crippen LogP contribution in [-0.4, -0.2) is 34.6 Å². The Kier molecular flexibility index (Phi) is 1.67. The highest BCUT2D eigenvalue weighted by atomic mass is 127. The second-order valence-corrected chi connectivity index (χ2v) is 3.57. The van der Waals surface area contributed by atoms with Crippen molar-refractivity contribution < 1.29 is 0 Å². The lowest BCUT2D eigenvalue weighted by molar-refractivity contribution is 0.270. The molecule has 2 aliphatic heterocycles. The third kappa shape index (κ3) is 0.991. The van der Waals surface area contributed by atoms with Crippen molar-refractivity contribution in [1.82, 2.24) is 10.2 Å². The van der Waals surface area contributed by atoms with E-state index in [1.807, 2.05) is 0 Å². The summed E-state index contributed by atoms with van der Waals surface area (Å²) in [5.41, 5.74) is 0. The summed E-state index contributed by atoms with van der Waals surface area (Å²) in [5.74, 6) is 0. The van der Waals surface area contributed by atoms with Gasteiger partial charge in [0.2, 0.25) is 0 Å². The smallest absolute Gasteiger partial charge is 0.0509 e. The molecule has 1 N–H and O–H groups in total. The molecular formula is C6H11IN2. The minimum atomic E-state index is 0.824. The van der Waals surface area contributed by atoms with Gasteiger partial charge in [0.25, 0.3) is 0 Å². The molecule has 0 spiro atoms. The second kappa shape index (κ2) is 2.36. The molecule has 2 saturated heterocycles. The predicted octanol–water partition coefficient (Wildman–Crippen LogP) is 0.425. The van der Waals surface area contributed by atoms with Gasteiger partial charge in [-0.1, -0.05) is 22.6 Å². The molecule has 2 unspecified atom stereocenters. The van der Waals surface area contributed by atoms with E-state index >= 15 is 0 Å². The summed E-state index contributed by atoms with van der Waals surface area (Å²) in [6.07, 6.45) is 1.39. The Morgan fingerprint density at radius 1 is 1.67 bits per heavy atom. The third-order valence-corrected chi connectivity index (χ3v) is 3.20. The van der Waals surface area contributed by atoms with Gasteiger partial charge in [0, 0.05) is 25.2 Å². The fourth-order valence-corrected chi connectivity index (χ4v) is 2.63. The van der Waals surface area contributed by atoms with E-state index in [1.165, 1.54) is 24.1 Å². The number of nitrogens with zero attached hydrogens (tertiary/aromatic N) is 1. The first kappa shape index (κ1) is 6.37. The van der Waals surface area contributed by atoms with E-state index in [-0.39, 0.29) is 0 Å². The van der Waals surface area contributed by atoms with Gasteiger partial charge in [0.05, 0.1) is 4.55 Å². The number of rotatable bonds is 1. The maximum atomic E-state index is 3.48. The minimum absolute atomic E-state index is 0.824. The highest BCUT2D eigenvalue weighted by molar-refractivity contribution is 14.1. The average Bonchev–Trinajstić information content (AvgIpc) is 2.45. The highest BCUT2D eigenvalue weighted by Crippen LogP contribution is 2.23. The summed E-state index contributed by atoms with van der Waals surface area (Å²) in [4.78, 5) is 2.56. The molecule has 2 fully saturated rings. The molecule has 52 valence electrons. The van der Waals surface area contributed by atoms with Crippen LogP contribution in [0.3, 0.4) is 0 Å². The quantitative estimate of drug-likeness (QED) is 0.404. The van der Waals surface area contributed by atoms with E-state index in [0.717, 1.165) is 12.1 Å². The van der Waals surface area contributed by atoms with E-state index in [9.17, 15) is 0 Å². The summed E-state index contributed by atoms with van der Waals surface area (Å²) in [6, 6.07) is 1.69. The normalized spacial score (nSPS) is 42.3. The highest BCUT2D eigenvalue weighted by Gasteiger charge is 2.36. The zero-order valence-corrected chi connectivity index (χ0v) is 7.47. The van der Waals surface area contributed by atoms with Gasteiger partial charge >= 0.3 is 0 Å². The van der Waals surface area contributed by atoms with Crippen LogP contribution in [0.2, 0.25) is 0 Å². The van der Waals surface area contributed by atoms with Gasteiger partial charge in [-0.15, -0.1) is 0 Å². The van der Waals surface area contributed by atoms with Gasteiger partial charge in [0.15, 0.2) is 0 Å². The van der Waals surface area contributed by atoms with E-state index in [4.69, 9.17) is 0 Å². The van der Waals surface area contributed by atoms with Crippen LogP contribution in [0.25, 0.3) is 0 Å². The summed E-state index contributed by atoms with van der Waals surface area (Å²) in [6.45, 7) is 2.52. The zero-order valence-electron chi connectivity index (χ0n) is 5.31. The number of piperazine rings is 1. The Balaban J connectivity index is 2.01. The number of nitrogens with one attached hydrogen (secondary N) is 1. The molecule has 0 aromatic carbocycles. The molecule has 2 atom stereocenters. The number of halogens is 1. The molecule has 2 heterocycles. The Hall–Kier alpha value is 0.650. The van der Waals surface area contributed by atoms with Crippen LogP contribution < -0.4 is 5.32 Å². The van der Waals surface area contributed by atoms with Crippen molar-refractivity contribution >= 4 is 22.6 Å². The fraction of sp³-hybridized carbons (Fsp3) is 1.00. The minimum Gasteiger partial charge on any atom is -0.311 e. The summed E-state index contributed by atoms with van der Waals surface area (Å²) < 4.78 is 1.21. The van der Waals surface area contributed by atoms with Crippen molar-refractivity contribution in [2.24, 2.45) is 0 Å². The lowest BCUT2D eigenvalue weighted by Crippen LogP contribution is -2.42. The van der Waals surface area contributed by atoms with Crippen molar-refractivity contribution in [1.29, 1.82) is 0 Å². The van der Waals surface area contributed by atoms with Crippen LogP contribution in [0.1, 0.15) is 6.42 Å². The van der Waals surface area contributed by atoms with Crippen molar-refractivity contribution in [3.05, 3.63) is 0 Å². The van der Waals surface area contributed by atoms with Crippen LogP contribution in [0.15, 0.2) is 0 Å². The Morgan fingerprint density at radius 2 is 2.56 bits per heavy atom. The van der Waals surface area contributed by atoms with Crippen LogP contribution in [0.5, 0.6) is 0 Å². The Morgan fingerprint density at radius 3 is 2.89 bits per heavy atom. The van der Waals surface area contributed by atoms with Gasteiger partial charge in [-0.25, -0.2) is 0 Å². The van der Waals surface area contributed by atoms with E-state index in [2.05, 4.69) is 32.8 Å². The molecule has 0 amide bonds. The maximum absolute atomic E-state index is 3.48. The van der Waals surface area contributed by atoms with Crippen molar-refractivity contribution in [2.75, 3.05) is 17.6 Å². The molecule has 9 heavy (non-hydrogen) atoms. The van der Waals surface area contributed by atoms with Crippen molar-refractivity contribution in [3.63, 3.8) is 0 Å². The van der Waals surface area contributed by atoms with E-state index in [1.54, 1.807) is 0 Å². The van der Waals surface area contributed by atoms with Crippen molar-refractivity contribution in [3.8, 4) is 0 Å². The van der Waals surface area contributed by atoms with Gasteiger partial charge in [-0.3, -0.25) is 4.90 Å². The predicted molar refractivity (Wildman–Crippen MR) is 45.8 cm³/mol. The monoisotopic (exact) mass is 238 g/mol. The summed E-state index contributed by atoms with van der Waals surface area (Å²) >= 11 is 2.45. The third-order valence-electron chi connectivity index (χ3n) is 2.32. The molecule has 2 aliphatic rings. The fourth-order valence-electron chi connectivity index (χ4n) is 1.79. The lowest BCUT2D eigenvalue weighted by atomic mass is 10.2. The standard InChI is InChI=1S/C6H11IN2/c7-4-9-3-5-1-6(9)2-8-5/h5-6,8H,1-4H2. The molecular weight excluding hydrogens is 227 g/mol. The van der Waals surface area contributed by atoms with Crippen LogP contribution in [0.4, 0.5) is 0 Å². The number of fused-ring (bicyclic) bond motifs is 2. The SMILES string of the molecule is ICN1CC2CC1CN2. The number of hydrogen-bond donors (Lipinski definition) is 1. The lowest BCUT2D eigenvalue weighted by Gasteiger charge is -2.24. The zero-order chi connectivity index (χ0) is 6.27. The average molecular weight is 238 g/mol.